The molecule has 28 heavy (non-hydrogen) atoms. The summed E-state index contributed by atoms with van der Waals surface area (Å²) in [6.45, 7) is 2.16. The number of rotatable bonds is 6. The van der Waals surface area contributed by atoms with Gasteiger partial charge in [-0.15, -0.1) is 0 Å². The molecule has 0 heterocycles. The highest BCUT2D eigenvalue weighted by Gasteiger charge is 2.14. The van der Waals surface area contributed by atoms with Crippen molar-refractivity contribution in [3.63, 3.8) is 0 Å². The molecule has 0 saturated carbocycles. The van der Waals surface area contributed by atoms with Crippen LogP contribution in [0.15, 0.2) is 78.9 Å². The van der Waals surface area contributed by atoms with Gasteiger partial charge in [0, 0.05) is 29.7 Å². The summed E-state index contributed by atoms with van der Waals surface area (Å²) in [5, 5.41) is 5.91. The Bertz CT molecular complexity index is 953. The summed E-state index contributed by atoms with van der Waals surface area (Å²) >= 11 is 0. The van der Waals surface area contributed by atoms with E-state index in [0.29, 0.717) is 11.3 Å². The van der Waals surface area contributed by atoms with Crippen molar-refractivity contribution in [2.45, 2.75) is 6.92 Å². The van der Waals surface area contributed by atoms with Gasteiger partial charge in [-0.1, -0.05) is 42.0 Å². The van der Waals surface area contributed by atoms with Gasteiger partial charge >= 0.3 is 0 Å². The van der Waals surface area contributed by atoms with Crippen LogP contribution in [-0.4, -0.2) is 25.4 Å². The number of carbonyl (C=O) groups is 2. The van der Waals surface area contributed by atoms with Gasteiger partial charge in [0.25, 0.3) is 5.91 Å². The van der Waals surface area contributed by atoms with E-state index in [0.717, 1.165) is 16.9 Å². The lowest BCUT2D eigenvalue weighted by Gasteiger charge is -2.17. The van der Waals surface area contributed by atoms with Gasteiger partial charge in [0.1, 0.15) is 0 Å². The zero-order chi connectivity index (χ0) is 19.9. The maximum Gasteiger partial charge on any atom is 0.258 e. The van der Waals surface area contributed by atoms with Gasteiger partial charge in [0.05, 0.1) is 6.54 Å². The Morgan fingerprint density at radius 1 is 0.857 bits per heavy atom. The quantitative estimate of drug-likeness (QED) is 0.676. The van der Waals surface area contributed by atoms with Crippen molar-refractivity contribution < 1.29 is 9.59 Å². The fourth-order valence-corrected chi connectivity index (χ4v) is 2.75. The SMILES string of the molecule is Cc1ccc(NCC(=O)Nc2cccc(C(=O)N(C)c3ccccc3)c2)cc1. The molecule has 2 amide bonds. The number of aryl methyl sites for hydroxylation is 1. The van der Waals surface area contributed by atoms with E-state index >= 15 is 0 Å². The fourth-order valence-electron chi connectivity index (χ4n) is 2.75. The lowest BCUT2D eigenvalue weighted by Crippen LogP contribution is -2.26. The van der Waals surface area contributed by atoms with Crippen LogP contribution in [0.25, 0.3) is 0 Å². The molecule has 0 bridgehead atoms. The van der Waals surface area contributed by atoms with Gasteiger partial charge in [0.2, 0.25) is 5.91 Å². The molecule has 0 radical (unpaired) electrons. The van der Waals surface area contributed by atoms with Crippen LogP contribution in [0.5, 0.6) is 0 Å². The number of nitrogens with one attached hydrogen (secondary N) is 2. The molecule has 0 atom stereocenters. The summed E-state index contributed by atoms with van der Waals surface area (Å²) in [6, 6.07) is 24.2. The third-order valence-corrected chi connectivity index (χ3v) is 4.35. The van der Waals surface area contributed by atoms with E-state index in [1.54, 1.807) is 36.2 Å². The van der Waals surface area contributed by atoms with Crippen LogP contribution in [0.1, 0.15) is 15.9 Å². The summed E-state index contributed by atoms with van der Waals surface area (Å²) in [6.07, 6.45) is 0. The van der Waals surface area contributed by atoms with Crippen LogP contribution in [0.2, 0.25) is 0 Å². The van der Waals surface area contributed by atoms with Crippen molar-refractivity contribution in [1.82, 2.24) is 0 Å². The molecule has 3 aromatic rings. The Balaban J connectivity index is 1.61. The predicted molar refractivity (Wildman–Crippen MR) is 114 cm³/mol. The van der Waals surface area contributed by atoms with Crippen molar-refractivity contribution in [3.05, 3.63) is 90.0 Å². The summed E-state index contributed by atoms with van der Waals surface area (Å²) < 4.78 is 0. The van der Waals surface area contributed by atoms with Crippen LogP contribution >= 0.6 is 0 Å². The first kappa shape index (κ1) is 19.2. The molecule has 5 nitrogen and oxygen atoms in total. The van der Waals surface area contributed by atoms with Crippen molar-refractivity contribution >= 4 is 28.9 Å². The maximum absolute atomic E-state index is 12.7. The molecule has 5 heteroatoms. The van der Waals surface area contributed by atoms with Crippen LogP contribution in [-0.2, 0) is 4.79 Å². The summed E-state index contributed by atoms with van der Waals surface area (Å²) in [7, 11) is 1.73. The lowest BCUT2D eigenvalue weighted by atomic mass is 10.1. The fraction of sp³-hybridized carbons (Fsp3) is 0.130. The van der Waals surface area contributed by atoms with E-state index in [1.165, 1.54) is 0 Å². The number of hydrogen-bond donors (Lipinski definition) is 2. The molecule has 0 saturated heterocycles. The second kappa shape index (κ2) is 8.86. The standard InChI is InChI=1S/C23H23N3O2/c1-17-11-13-19(14-12-17)24-16-22(27)25-20-8-6-7-18(15-20)23(28)26(2)21-9-4-3-5-10-21/h3-15,24H,16H2,1-2H3,(H,25,27). The highest BCUT2D eigenvalue weighted by molar-refractivity contribution is 6.06. The molecule has 0 spiro atoms. The molecule has 2 N–H and O–H groups in total. The van der Waals surface area contributed by atoms with Crippen LogP contribution in [0, 0.1) is 6.92 Å². The first-order valence-corrected chi connectivity index (χ1v) is 9.06. The molecule has 142 valence electrons. The second-order valence-electron chi connectivity index (χ2n) is 6.55. The van der Waals surface area contributed by atoms with E-state index < -0.39 is 0 Å². The van der Waals surface area contributed by atoms with Crippen molar-refractivity contribution in [2.24, 2.45) is 0 Å². The molecular weight excluding hydrogens is 350 g/mol. The number of nitrogens with zero attached hydrogens (tertiary/aromatic N) is 1. The minimum atomic E-state index is -0.179. The highest BCUT2D eigenvalue weighted by atomic mass is 16.2. The predicted octanol–water partition coefficient (Wildman–Crippen LogP) is 4.32. The topological polar surface area (TPSA) is 61.4 Å². The first-order valence-electron chi connectivity index (χ1n) is 9.06. The number of para-hydroxylation sites is 1. The molecule has 0 aliphatic carbocycles. The van der Waals surface area contributed by atoms with Gasteiger partial charge in [0.15, 0.2) is 0 Å². The molecule has 3 rings (SSSR count). The van der Waals surface area contributed by atoms with E-state index in [2.05, 4.69) is 10.6 Å². The number of anilines is 3. The second-order valence-corrected chi connectivity index (χ2v) is 6.55. The van der Waals surface area contributed by atoms with Crippen LogP contribution < -0.4 is 15.5 Å². The van der Waals surface area contributed by atoms with Gasteiger partial charge in [-0.25, -0.2) is 0 Å². The minimum absolute atomic E-state index is 0.139. The monoisotopic (exact) mass is 373 g/mol. The first-order chi connectivity index (χ1) is 13.5. The summed E-state index contributed by atoms with van der Waals surface area (Å²) in [5.74, 6) is -0.318. The van der Waals surface area contributed by atoms with E-state index in [-0.39, 0.29) is 18.4 Å². The Morgan fingerprint density at radius 3 is 2.29 bits per heavy atom. The third kappa shape index (κ3) is 4.98. The zero-order valence-corrected chi connectivity index (χ0v) is 16.0. The van der Waals surface area contributed by atoms with E-state index in [1.807, 2.05) is 61.5 Å². The largest absolute Gasteiger partial charge is 0.376 e. The van der Waals surface area contributed by atoms with Crippen LogP contribution in [0.4, 0.5) is 17.1 Å². The van der Waals surface area contributed by atoms with Crippen molar-refractivity contribution in [2.75, 3.05) is 29.1 Å². The number of carbonyl (C=O) groups excluding carboxylic acids is 2. The van der Waals surface area contributed by atoms with E-state index in [4.69, 9.17) is 0 Å². The Hall–Kier alpha value is -3.60. The Labute approximate surface area is 165 Å². The Morgan fingerprint density at radius 2 is 1.57 bits per heavy atom. The molecule has 0 aliphatic heterocycles. The van der Waals surface area contributed by atoms with Gasteiger partial charge in [-0.05, 0) is 49.4 Å². The Kier molecular flexibility index (Phi) is 6.07. The average molecular weight is 373 g/mol. The van der Waals surface area contributed by atoms with Crippen molar-refractivity contribution in [3.8, 4) is 0 Å². The van der Waals surface area contributed by atoms with E-state index in [9.17, 15) is 9.59 Å². The molecule has 3 aromatic carbocycles. The zero-order valence-electron chi connectivity index (χ0n) is 16.0. The number of benzene rings is 3. The molecule has 0 aliphatic rings. The summed E-state index contributed by atoms with van der Waals surface area (Å²) in [5.41, 5.74) is 3.95. The lowest BCUT2D eigenvalue weighted by molar-refractivity contribution is -0.114. The van der Waals surface area contributed by atoms with Crippen LogP contribution in [0.3, 0.4) is 0 Å². The average Bonchev–Trinajstić information content (AvgIpc) is 2.73. The minimum Gasteiger partial charge on any atom is -0.376 e. The molecule has 0 unspecified atom stereocenters. The molecule has 0 aromatic heterocycles. The number of hydrogen-bond acceptors (Lipinski definition) is 3. The summed E-state index contributed by atoms with van der Waals surface area (Å²) in [4.78, 5) is 26.5. The van der Waals surface area contributed by atoms with Gasteiger partial charge in [-0.2, -0.15) is 0 Å². The highest BCUT2D eigenvalue weighted by Crippen LogP contribution is 2.17. The van der Waals surface area contributed by atoms with Gasteiger partial charge in [-0.3, -0.25) is 9.59 Å². The maximum atomic E-state index is 12.7. The molecular formula is C23H23N3O2. The normalized spacial score (nSPS) is 10.2. The van der Waals surface area contributed by atoms with Crippen molar-refractivity contribution in [1.29, 1.82) is 0 Å². The molecule has 0 fully saturated rings. The number of amides is 2. The third-order valence-electron chi connectivity index (χ3n) is 4.35. The van der Waals surface area contributed by atoms with Gasteiger partial charge < -0.3 is 15.5 Å². The smallest absolute Gasteiger partial charge is 0.258 e.